The highest BCUT2D eigenvalue weighted by Gasteiger charge is 2.39. The molecule has 0 bridgehead atoms. The molecule has 0 unspecified atom stereocenters. The van der Waals surface area contributed by atoms with E-state index in [9.17, 15) is 31.1 Å². The molecule has 0 saturated heterocycles. The first-order valence-corrected chi connectivity index (χ1v) is 6.66. The van der Waals surface area contributed by atoms with Crippen molar-refractivity contribution in [1.29, 1.82) is 0 Å². The van der Waals surface area contributed by atoms with Crippen molar-refractivity contribution >= 4 is 22.4 Å². The van der Waals surface area contributed by atoms with Crippen LogP contribution in [-0.2, 0) is 12.7 Å². The van der Waals surface area contributed by atoms with Gasteiger partial charge in [0.15, 0.2) is 22.5 Å². The largest absolute Gasteiger partial charge is 0.435 e. The predicted molar refractivity (Wildman–Crippen MR) is 69.0 cm³/mol. The Kier molecular flexibility index (Phi) is 4.50. The van der Waals surface area contributed by atoms with Crippen LogP contribution in [-0.4, -0.2) is 10.9 Å². The summed E-state index contributed by atoms with van der Waals surface area (Å²) in [4.78, 5) is 14.0. The lowest BCUT2D eigenvalue weighted by Gasteiger charge is -2.08. The van der Waals surface area contributed by atoms with Crippen molar-refractivity contribution in [2.45, 2.75) is 12.7 Å². The highest BCUT2D eigenvalue weighted by molar-refractivity contribution is 7.17. The van der Waals surface area contributed by atoms with E-state index in [-0.39, 0.29) is 11.3 Å². The first kappa shape index (κ1) is 17.1. The number of amides is 1. The number of rotatable bonds is 3. The second-order valence-electron chi connectivity index (χ2n) is 4.27. The summed E-state index contributed by atoms with van der Waals surface area (Å²) in [5.74, 6) is -5.22. The zero-order valence-corrected chi connectivity index (χ0v) is 11.8. The molecule has 11 heteroatoms. The molecule has 0 aliphatic heterocycles. The third-order valence-electron chi connectivity index (χ3n) is 2.63. The number of nitrogens with two attached hydrogens (primary N) is 1. The van der Waals surface area contributed by atoms with Gasteiger partial charge in [0.1, 0.15) is 10.7 Å². The molecular weight excluding hydrogens is 348 g/mol. The van der Waals surface area contributed by atoms with Gasteiger partial charge in [0.05, 0.1) is 0 Å². The standard InChI is InChI=1S/C12H7F6N3OS/c13-5-1-4(7(15)6(14)2-5)3-20-10(22)8-9(12(16,17)18)21-11(19)23-8/h1-2H,3H2,(H2,19,21)(H,20,22). The number of carbonyl (C=O) groups excluding carboxylic acids is 1. The van der Waals surface area contributed by atoms with Gasteiger partial charge in [0.2, 0.25) is 0 Å². The zero-order chi connectivity index (χ0) is 17.4. The molecule has 0 atom stereocenters. The van der Waals surface area contributed by atoms with E-state index in [1.807, 2.05) is 5.32 Å². The van der Waals surface area contributed by atoms with Gasteiger partial charge in [-0.25, -0.2) is 18.2 Å². The van der Waals surface area contributed by atoms with Crippen LogP contribution in [0.5, 0.6) is 0 Å². The number of benzene rings is 1. The molecule has 124 valence electrons. The fourth-order valence-corrected chi connectivity index (χ4v) is 2.45. The van der Waals surface area contributed by atoms with Gasteiger partial charge in [0, 0.05) is 18.2 Å². The van der Waals surface area contributed by atoms with Gasteiger partial charge in [-0.2, -0.15) is 13.2 Å². The third-order valence-corrected chi connectivity index (χ3v) is 3.51. The number of alkyl halides is 3. The van der Waals surface area contributed by atoms with Gasteiger partial charge >= 0.3 is 6.18 Å². The van der Waals surface area contributed by atoms with Crippen LogP contribution in [0.3, 0.4) is 0 Å². The predicted octanol–water partition coefficient (Wildman–Crippen LogP) is 3.09. The highest BCUT2D eigenvalue weighted by Crippen LogP contribution is 2.35. The first-order chi connectivity index (χ1) is 10.6. The zero-order valence-electron chi connectivity index (χ0n) is 11.0. The number of anilines is 1. The number of carbonyl (C=O) groups is 1. The van der Waals surface area contributed by atoms with E-state index in [2.05, 4.69) is 4.98 Å². The maximum absolute atomic E-state index is 13.4. The van der Waals surface area contributed by atoms with E-state index >= 15 is 0 Å². The summed E-state index contributed by atoms with van der Waals surface area (Å²) < 4.78 is 77.5. The quantitative estimate of drug-likeness (QED) is 0.657. The number of aromatic nitrogens is 1. The Bertz CT molecular complexity index is 758. The monoisotopic (exact) mass is 355 g/mol. The molecule has 3 N–H and O–H groups in total. The van der Waals surface area contributed by atoms with Gasteiger partial charge in [-0.1, -0.05) is 11.3 Å². The normalized spacial score (nSPS) is 11.6. The van der Waals surface area contributed by atoms with E-state index < -0.39 is 57.3 Å². The van der Waals surface area contributed by atoms with Crippen molar-refractivity contribution in [3.63, 3.8) is 0 Å². The fraction of sp³-hybridized carbons (Fsp3) is 0.167. The average Bonchev–Trinajstić information content (AvgIpc) is 2.83. The van der Waals surface area contributed by atoms with Gasteiger partial charge in [-0.3, -0.25) is 4.79 Å². The molecule has 0 aliphatic rings. The van der Waals surface area contributed by atoms with Crippen molar-refractivity contribution in [1.82, 2.24) is 10.3 Å². The van der Waals surface area contributed by atoms with Crippen LogP contribution < -0.4 is 11.1 Å². The number of hydrogen-bond acceptors (Lipinski definition) is 4. The van der Waals surface area contributed by atoms with Crippen molar-refractivity contribution in [2.24, 2.45) is 0 Å². The average molecular weight is 355 g/mol. The number of nitrogens with zero attached hydrogens (tertiary/aromatic N) is 1. The van der Waals surface area contributed by atoms with Crippen molar-refractivity contribution in [2.75, 3.05) is 5.73 Å². The second kappa shape index (κ2) is 6.07. The van der Waals surface area contributed by atoms with E-state index in [1.54, 1.807) is 0 Å². The van der Waals surface area contributed by atoms with E-state index in [0.29, 0.717) is 12.1 Å². The van der Waals surface area contributed by atoms with Gasteiger partial charge < -0.3 is 11.1 Å². The lowest BCUT2D eigenvalue weighted by molar-refractivity contribution is -0.141. The molecule has 0 fully saturated rings. The third kappa shape index (κ3) is 3.73. The Balaban J connectivity index is 2.22. The lowest BCUT2D eigenvalue weighted by atomic mass is 10.2. The van der Waals surface area contributed by atoms with Crippen LogP contribution in [0.4, 0.5) is 31.5 Å². The van der Waals surface area contributed by atoms with Crippen molar-refractivity contribution in [3.8, 4) is 0 Å². The van der Waals surface area contributed by atoms with E-state index in [4.69, 9.17) is 5.73 Å². The Labute approximate surface area is 128 Å². The molecule has 2 rings (SSSR count). The van der Waals surface area contributed by atoms with Crippen LogP contribution in [0.25, 0.3) is 0 Å². The van der Waals surface area contributed by atoms with Crippen molar-refractivity contribution in [3.05, 3.63) is 45.7 Å². The summed E-state index contributed by atoms with van der Waals surface area (Å²) in [6.07, 6.45) is -4.91. The molecule has 2 aromatic rings. The molecule has 0 spiro atoms. The summed E-state index contributed by atoms with van der Waals surface area (Å²) in [7, 11) is 0. The first-order valence-electron chi connectivity index (χ1n) is 5.84. The minimum absolute atomic E-state index is 0.288. The molecule has 1 aromatic heterocycles. The Morgan fingerprint density at radius 3 is 2.52 bits per heavy atom. The van der Waals surface area contributed by atoms with Gasteiger partial charge in [-0.15, -0.1) is 0 Å². The summed E-state index contributed by atoms with van der Waals surface area (Å²) >= 11 is 0.288. The molecule has 0 aliphatic carbocycles. The smallest absolute Gasteiger partial charge is 0.375 e. The number of halogens is 6. The minimum Gasteiger partial charge on any atom is -0.375 e. The maximum Gasteiger partial charge on any atom is 0.435 e. The van der Waals surface area contributed by atoms with Crippen LogP contribution in [0.2, 0.25) is 0 Å². The number of nitrogens with one attached hydrogen (secondary N) is 1. The summed E-state index contributed by atoms with van der Waals surface area (Å²) in [6, 6.07) is 0.913. The van der Waals surface area contributed by atoms with Gasteiger partial charge in [-0.05, 0) is 6.07 Å². The fourth-order valence-electron chi connectivity index (χ4n) is 1.68. The minimum atomic E-state index is -4.91. The topological polar surface area (TPSA) is 68.0 Å². The summed E-state index contributed by atoms with van der Waals surface area (Å²) in [5.41, 5.74) is 3.12. The molecule has 4 nitrogen and oxygen atoms in total. The molecule has 0 saturated carbocycles. The molecule has 0 radical (unpaired) electrons. The summed E-state index contributed by atoms with van der Waals surface area (Å²) in [5, 5.41) is 1.46. The number of nitrogen functional groups attached to an aromatic ring is 1. The van der Waals surface area contributed by atoms with Gasteiger partial charge in [0.25, 0.3) is 5.91 Å². The Hall–Kier alpha value is -2.30. The van der Waals surface area contributed by atoms with E-state index in [0.717, 1.165) is 0 Å². The highest BCUT2D eigenvalue weighted by atomic mass is 32.1. The molecule has 1 heterocycles. The maximum atomic E-state index is 13.4. The molecule has 1 amide bonds. The van der Waals surface area contributed by atoms with Crippen LogP contribution >= 0.6 is 11.3 Å². The van der Waals surface area contributed by atoms with Crippen LogP contribution in [0.15, 0.2) is 12.1 Å². The molecular formula is C12H7F6N3OS. The molecule has 1 aromatic carbocycles. The SMILES string of the molecule is Nc1nc(C(F)(F)F)c(C(=O)NCc2cc(F)cc(F)c2F)s1. The van der Waals surface area contributed by atoms with Crippen molar-refractivity contribution < 1.29 is 31.1 Å². The molecule has 23 heavy (non-hydrogen) atoms. The Morgan fingerprint density at radius 2 is 1.91 bits per heavy atom. The lowest BCUT2D eigenvalue weighted by Crippen LogP contribution is -2.25. The number of thiazole rings is 1. The van der Waals surface area contributed by atoms with Crippen LogP contribution in [0.1, 0.15) is 20.9 Å². The van der Waals surface area contributed by atoms with Crippen LogP contribution in [0, 0.1) is 17.5 Å². The second-order valence-corrected chi connectivity index (χ2v) is 5.30. The Morgan fingerprint density at radius 1 is 1.26 bits per heavy atom. The number of hydrogen-bond donors (Lipinski definition) is 2. The van der Waals surface area contributed by atoms with E-state index in [1.165, 1.54) is 0 Å². The summed E-state index contributed by atoms with van der Waals surface area (Å²) in [6.45, 7) is -0.714.